The number of benzene rings is 2. The first-order chi connectivity index (χ1) is 15.5. The summed E-state index contributed by atoms with van der Waals surface area (Å²) in [6.07, 6.45) is 2.37. The number of halogens is 2. The van der Waals surface area contributed by atoms with E-state index in [0.29, 0.717) is 50.0 Å². The summed E-state index contributed by atoms with van der Waals surface area (Å²) in [6.45, 7) is 0.144. The Hall–Kier alpha value is -2.81. The molecule has 0 spiro atoms. The van der Waals surface area contributed by atoms with E-state index < -0.39 is 5.92 Å². The number of aryl methyl sites for hydroxylation is 1. The SMILES string of the molecule is O=C(Nc1nc2c(s1)CCCC2C(=O)Nc1ccc(Cl)c(Cl)c1)c1ccc2c(c1)OCO2. The molecule has 32 heavy (non-hydrogen) atoms. The van der Waals surface area contributed by atoms with Crippen LogP contribution in [0.4, 0.5) is 10.8 Å². The smallest absolute Gasteiger partial charge is 0.257 e. The molecule has 2 aliphatic rings. The Labute approximate surface area is 197 Å². The van der Waals surface area contributed by atoms with E-state index in [1.807, 2.05) is 0 Å². The molecule has 2 N–H and O–H groups in total. The van der Waals surface area contributed by atoms with Crippen LogP contribution in [-0.4, -0.2) is 23.6 Å². The van der Waals surface area contributed by atoms with Gasteiger partial charge in [0.25, 0.3) is 5.91 Å². The van der Waals surface area contributed by atoms with Gasteiger partial charge in [-0.15, -0.1) is 11.3 Å². The molecule has 2 amide bonds. The monoisotopic (exact) mass is 489 g/mol. The number of fused-ring (bicyclic) bond motifs is 2. The Morgan fingerprint density at radius 3 is 2.72 bits per heavy atom. The van der Waals surface area contributed by atoms with Crippen LogP contribution in [0.2, 0.25) is 10.0 Å². The second-order valence-corrected chi connectivity index (χ2v) is 9.31. The number of hydrogen-bond donors (Lipinski definition) is 2. The van der Waals surface area contributed by atoms with Crippen LogP contribution in [-0.2, 0) is 11.2 Å². The first-order valence-electron chi connectivity index (χ1n) is 9.94. The molecule has 2 heterocycles. The van der Waals surface area contributed by atoms with Crippen LogP contribution in [0.3, 0.4) is 0 Å². The van der Waals surface area contributed by atoms with Crippen molar-refractivity contribution in [2.75, 3.05) is 17.4 Å². The minimum Gasteiger partial charge on any atom is -0.454 e. The number of nitrogens with one attached hydrogen (secondary N) is 2. The summed E-state index contributed by atoms with van der Waals surface area (Å²) in [5.41, 5.74) is 1.72. The maximum Gasteiger partial charge on any atom is 0.257 e. The van der Waals surface area contributed by atoms with E-state index in [4.69, 9.17) is 32.7 Å². The number of carbonyl (C=O) groups is 2. The van der Waals surface area contributed by atoms with Crippen molar-refractivity contribution in [1.29, 1.82) is 0 Å². The largest absolute Gasteiger partial charge is 0.454 e. The van der Waals surface area contributed by atoms with E-state index in [9.17, 15) is 9.59 Å². The van der Waals surface area contributed by atoms with Crippen LogP contribution in [0.1, 0.15) is 39.7 Å². The molecule has 2 aromatic carbocycles. The third kappa shape index (κ3) is 4.13. The van der Waals surface area contributed by atoms with Crippen molar-refractivity contribution in [3.05, 3.63) is 62.6 Å². The third-order valence-corrected chi connectivity index (χ3v) is 7.10. The van der Waals surface area contributed by atoms with Crippen molar-refractivity contribution in [3.8, 4) is 11.5 Å². The van der Waals surface area contributed by atoms with Crippen molar-refractivity contribution in [2.45, 2.75) is 25.2 Å². The van der Waals surface area contributed by atoms with E-state index in [-0.39, 0.29) is 18.6 Å². The first kappa shape index (κ1) is 21.1. The van der Waals surface area contributed by atoms with Gasteiger partial charge < -0.3 is 14.8 Å². The number of hydrogen-bond acceptors (Lipinski definition) is 6. The number of ether oxygens (including phenoxy) is 2. The quantitative estimate of drug-likeness (QED) is 0.505. The molecule has 0 saturated carbocycles. The molecule has 1 unspecified atom stereocenters. The Morgan fingerprint density at radius 2 is 1.88 bits per heavy atom. The van der Waals surface area contributed by atoms with Gasteiger partial charge in [-0.1, -0.05) is 23.2 Å². The molecule has 0 radical (unpaired) electrons. The summed E-state index contributed by atoms with van der Waals surface area (Å²) in [5.74, 6) is 0.285. The Kier molecular flexibility index (Phi) is 5.67. The molecule has 1 aromatic heterocycles. The number of thiazole rings is 1. The van der Waals surface area contributed by atoms with E-state index in [2.05, 4.69) is 15.6 Å². The van der Waals surface area contributed by atoms with Gasteiger partial charge in [-0.05, 0) is 55.7 Å². The highest BCUT2D eigenvalue weighted by Gasteiger charge is 2.31. The molecule has 1 aliphatic heterocycles. The first-order valence-corrected chi connectivity index (χ1v) is 11.5. The predicted molar refractivity (Wildman–Crippen MR) is 123 cm³/mol. The standard InChI is InChI=1S/C22H17Cl2N3O4S/c23-14-6-5-12(9-15(14)24)25-21(29)13-2-1-3-18-19(13)26-22(32-18)27-20(28)11-4-7-16-17(8-11)31-10-30-16/h4-9,13H,1-3,10H2,(H,25,29)(H,26,27,28). The van der Waals surface area contributed by atoms with Gasteiger partial charge in [-0.2, -0.15) is 0 Å². The molecule has 10 heteroatoms. The second-order valence-electron chi connectivity index (χ2n) is 7.41. The van der Waals surface area contributed by atoms with Crippen LogP contribution in [0.5, 0.6) is 11.5 Å². The summed E-state index contributed by atoms with van der Waals surface area (Å²) >= 11 is 13.4. The number of rotatable bonds is 4. The highest BCUT2D eigenvalue weighted by Crippen LogP contribution is 2.38. The van der Waals surface area contributed by atoms with Gasteiger partial charge in [0.15, 0.2) is 16.6 Å². The lowest BCUT2D eigenvalue weighted by Gasteiger charge is -2.20. The van der Waals surface area contributed by atoms with Crippen molar-refractivity contribution < 1.29 is 19.1 Å². The van der Waals surface area contributed by atoms with E-state index in [1.165, 1.54) is 11.3 Å². The van der Waals surface area contributed by atoms with Crippen molar-refractivity contribution in [1.82, 2.24) is 4.98 Å². The average Bonchev–Trinajstić information content (AvgIpc) is 3.41. The molecule has 7 nitrogen and oxygen atoms in total. The summed E-state index contributed by atoms with van der Waals surface area (Å²) in [4.78, 5) is 31.2. The van der Waals surface area contributed by atoms with Crippen LogP contribution < -0.4 is 20.1 Å². The molecule has 5 rings (SSSR count). The van der Waals surface area contributed by atoms with Crippen LogP contribution in [0, 0.1) is 0 Å². The van der Waals surface area contributed by atoms with Crippen molar-refractivity contribution in [3.63, 3.8) is 0 Å². The summed E-state index contributed by atoms with van der Waals surface area (Å²) in [5, 5.41) is 6.99. The van der Waals surface area contributed by atoms with Crippen molar-refractivity contribution in [2.24, 2.45) is 0 Å². The minimum atomic E-state index is -0.402. The number of aromatic nitrogens is 1. The zero-order chi connectivity index (χ0) is 22.2. The van der Waals surface area contributed by atoms with Gasteiger partial charge >= 0.3 is 0 Å². The second kappa shape index (κ2) is 8.61. The number of carbonyl (C=O) groups excluding carboxylic acids is 2. The fourth-order valence-electron chi connectivity index (χ4n) is 3.74. The molecule has 1 atom stereocenters. The molecular weight excluding hydrogens is 473 g/mol. The van der Waals surface area contributed by atoms with Gasteiger partial charge in [0.05, 0.1) is 21.7 Å². The minimum absolute atomic E-state index is 0.144. The number of nitrogens with zero attached hydrogens (tertiary/aromatic N) is 1. The molecule has 0 saturated heterocycles. The molecule has 1 aliphatic carbocycles. The van der Waals surface area contributed by atoms with E-state index in [0.717, 1.165) is 17.7 Å². The Morgan fingerprint density at radius 1 is 1.03 bits per heavy atom. The molecule has 164 valence electrons. The molecule has 0 bridgehead atoms. The lowest BCUT2D eigenvalue weighted by Crippen LogP contribution is -2.24. The highest BCUT2D eigenvalue weighted by molar-refractivity contribution is 7.16. The summed E-state index contributed by atoms with van der Waals surface area (Å²) in [6, 6.07) is 9.96. The van der Waals surface area contributed by atoms with E-state index in [1.54, 1.807) is 36.4 Å². The van der Waals surface area contributed by atoms with Gasteiger partial charge in [-0.3, -0.25) is 14.9 Å². The van der Waals surface area contributed by atoms with Crippen LogP contribution in [0.15, 0.2) is 36.4 Å². The fourth-order valence-corrected chi connectivity index (χ4v) is 5.10. The summed E-state index contributed by atoms with van der Waals surface area (Å²) in [7, 11) is 0. The summed E-state index contributed by atoms with van der Waals surface area (Å²) < 4.78 is 10.6. The maximum atomic E-state index is 13.0. The highest BCUT2D eigenvalue weighted by atomic mass is 35.5. The normalized spacial score (nSPS) is 16.4. The van der Waals surface area contributed by atoms with Gasteiger partial charge in [0, 0.05) is 16.1 Å². The number of amides is 2. The molecule has 3 aromatic rings. The van der Waals surface area contributed by atoms with Crippen molar-refractivity contribution >= 4 is 57.2 Å². The van der Waals surface area contributed by atoms with Crippen LogP contribution in [0.25, 0.3) is 0 Å². The Balaban J connectivity index is 1.32. The lowest BCUT2D eigenvalue weighted by atomic mass is 9.90. The van der Waals surface area contributed by atoms with Gasteiger partial charge in [0.2, 0.25) is 12.7 Å². The Bertz CT molecular complexity index is 1230. The average molecular weight is 490 g/mol. The fraction of sp³-hybridized carbons (Fsp3) is 0.227. The zero-order valence-corrected chi connectivity index (χ0v) is 18.9. The molecule has 0 fully saturated rings. The molecular formula is C22H17Cl2N3O4S. The predicted octanol–water partition coefficient (Wildman–Crippen LogP) is 5.49. The van der Waals surface area contributed by atoms with Gasteiger partial charge in [0.1, 0.15) is 0 Å². The van der Waals surface area contributed by atoms with Crippen LogP contribution >= 0.6 is 34.5 Å². The van der Waals surface area contributed by atoms with E-state index >= 15 is 0 Å². The van der Waals surface area contributed by atoms with Gasteiger partial charge in [-0.25, -0.2) is 4.98 Å². The topological polar surface area (TPSA) is 89.6 Å². The lowest BCUT2D eigenvalue weighted by molar-refractivity contribution is -0.117. The maximum absolute atomic E-state index is 13.0. The third-order valence-electron chi connectivity index (χ3n) is 5.31. The zero-order valence-electron chi connectivity index (χ0n) is 16.6. The number of anilines is 2.